The summed E-state index contributed by atoms with van der Waals surface area (Å²) in [5, 5.41) is 0. The van der Waals surface area contributed by atoms with Crippen LogP contribution < -0.4 is 4.90 Å². The maximum atomic E-state index is 13.4. The number of anilines is 1. The van der Waals surface area contributed by atoms with Crippen molar-refractivity contribution < 1.29 is 22.7 Å². The Morgan fingerprint density at radius 3 is 2.48 bits per heavy atom. The van der Waals surface area contributed by atoms with Crippen molar-refractivity contribution in [3.05, 3.63) is 64.2 Å². The summed E-state index contributed by atoms with van der Waals surface area (Å²) >= 11 is 0. The lowest BCUT2D eigenvalue weighted by atomic mass is 9.99. The molecule has 27 heavy (non-hydrogen) atoms. The molecule has 0 atom stereocenters. The predicted octanol–water partition coefficient (Wildman–Crippen LogP) is 5.14. The number of methoxy groups -OCH3 is 1. The van der Waals surface area contributed by atoms with Gasteiger partial charge < -0.3 is 9.64 Å². The summed E-state index contributed by atoms with van der Waals surface area (Å²) in [6, 6.07) is 9.95. The molecule has 6 heteroatoms. The van der Waals surface area contributed by atoms with Gasteiger partial charge in [0.2, 0.25) is 0 Å². The van der Waals surface area contributed by atoms with Crippen LogP contribution in [0.1, 0.15) is 45.5 Å². The Labute approximate surface area is 156 Å². The first-order chi connectivity index (χ1) is 12.8. The van der Waals surface area contributed by atoms with Crippen molar-refractivity contribution in [3.63, 3.8) is 0 Å². The molecular formula is C21H22F3NO2. The molecule has 3 nitrogen and oxygen atoms in total. The summed E-state index contributed by atoms with van der Waals surface area (Å²) in [6.45, 7) is 2.71. The molecule has 0 saturated carbocycles. The molecular weight excluding hydrogens is 355 g/mol. The van der Waals surface area contributed by atoms with Gasteiger partial charge in [0.15, 0.2) is 0 Å². The molecule has 1 aliphatic heterocycles. The topological polar surface area (TPSA) is 29.5 Å². The van der Waals surface area contributed by atoms with Crippen LogP contribution >= 0.6 is 0 Å². The minimum Gasteiger partial charge on any atom is -0.465 e. The minimum absolute atomic E-state index is 0.269. The van der Waals surface area contributed by atoms with E-state index in [-0.39, 0.29) is 5.56 Å². The first-order valence-corrected chi connectivity index (χ1v) is 8.92. The Morgan fingerprint density at radius 1 is 1.15 bits per heavy atom. The summed E-state index contributed by atoms with van der Waals surface area (Å²) in [5.41, 5.74) is 2.70. The van der Waals surface area contributed by atoms with E-state index in [1.807, 2.05) is 17.0 Å². The molecule has 2 aromatic rings. The van der Waals surface area contributed by atoms with E-state index in [2.05, 4.69) is 4.74 Å². The minimum atomic E-state index is -4.36. The number of benzene rings is 2. The Hall–Kier alpha value is -2.50. The Balaban J connectivity index is 1.92. The third-order valence-corrected chi connectivity index (χ3v) is 4.94. The van der Waals surface area contributed by atoms with E-state index in [1.54, 1.807) is 18.2 Å². The SMILES string of the molecule is COC(=O)c1ccc(CN2CCCCc3cc(C)c(C(F)(F)F)cc32)cc1. The zero-order chi connectivity index (χ0) is 19.6. The van der Waals surface area contributed by atoms with Crippen LogP contribution in [0.15, 0.2) is 36.4 Å². The molecule has 0 amide bonds. The predicted molar refractivity (Wildman–Crippen MR) is 98.0 cm³/mol. The molecule has 1 aliphatic rings. The summed E-state index contributed by atoms with van der Waals surface area (Å²) in [7, 11) is 1.32. The second-order valence-electron chi connectivity index (χ2n) is 6.86. The van der Waals surface area contributed by atoms with E-state index in [4.69, 9.17) is 0 Å². The zero-order valence-corrected chi connectivity index (χ0v) is 15.4. The number of halogens is 3. The van der Waals surface area contributed by atoms with Crippen molar-refractivity contribution in [2.75, 3.05) is 18.6 Å². The third kappa shape index (κ3) is 4.26. The van der Waals surface area contributed by atoms with Crippen molar-refractivity contribution in [1.82, 2.24) is 0 Å². The molecule has 144 valence electrons. The fraction of sp³-hybridized carbons (Fsp3) is 0.381. The van der Waals surface area contributed by atoms with Gasteiger partial charge in [-0.2, -0.15) is 13.2 Å². The van der Waals surface area contributed by atoms with E-state index in [1.165, 1.54) is 20.1 Å². The van der Waals surface area contributed by atoms with Gasteiger partial charge >= 0.3 is 12.1 Å². The number of hydrogen-bond acceptors (Lipinski definition) is 3. The van der Waals surface area contributed by atoms with E-state index >= 15 is 0 Å². The third-order valence-electron chi connectivity index (χ3n) is 4.94. The number of carbonyl (C=O) groups excluding carboxylic acids is 1. The van der Waals surface area contributed by atoms with Crippen LogP contribution in [-0.2, 0) is 23.9 Å². The van der Waals surface area contributed by atoms with Gasteiger partial charge in [-0.3, -0.25) is 0 Å². The lowest BCUT2D eigenvalue weighted by Crippen LogP contribution is -2.24. The normalized spacial score (nSPS) is 14.5. The summed E-state index contributed by atoms with van der Waals surface area (Å²) in [6.07, 6.45) is -1.70. The van der Waals surface area contributed by atoms with E-state index in [0.29, 0.717) is 24.3 Å². The highest BCUT2D eigenvalue weighted by Crippen LogP contribution is 2.38. The second-order valence-corrected chi connectivity index (χ2v) is 6.86. The Kier molecular flexibility index (Phi) is 5.44. The van der Waals surface area contributed by atoms with Gasteiger partial charge in [-0.15, -0.1) is 0 Å². The monoisotopic (exact) mass is 377 g/mol. The maximum Gasteiger partial charge on any atom is 0.416 e. The van der Waals surface area contributed by atoms with Crippen molar-refractivity contribution >= 4 is 11.7 Å². The number of nitrogens with zero attached hydrogens (tertiary/aromatic N) is 1. The molecule has 0 fully saturated rings. The average Bonchev–Trinajstić information content (AvgIpc) is 2.82. The molecule has 0 saturated heterocycles. The average molecular weight is 377 g/mol. The van der Waals surface area contributed by atoms with Gasteiger partial charge in [-0.05, 0) is 61.1 Å². The van der Waals surface area contributed by atoms with Crippen molar-refractivity contribution in [1.29, 1.82) is 0 Å². The first kappa shape index (κ1) is 19.3. The largest absolute Gasteiger partial charge is 0.465 e. The number of hydrogen-bond donors (Lipinski definition) is 0. The summed E-state index contributed by atoms with van der Waals surface area (Å²) < 4.78 is 44.8. The summed E-state index contributed by atoms with van der Waals surface area (Å²) in [4.78, 5) is 13.6. The highest BCUT2D eigenvalue weighted by atomic mass is 19.4. The van der Waals surface area contributed by atoms with Crippen LogP contribution in [-0.4, -0.2) is 19.6 Å². The lowest BCUT2D eigenvalue weighted by Gasteiger charge is -2.27. The molecule has 0 spiro atoms. The fourth-order valence-corrected chi connectivity index (χ4v) is 3.54. The maximum absolute atomic E-state index is 13.4. The lowest BCUT2D eigenvalue weighted by molar-refractivity contribution is -0.138. The van der Waals surface area contributed by atoms with Gasteiger partial charge in [0.1, 0.15) is 0 Å². The molecule has 0 bridgehead atoms. The highest BCUT2D eigenvalue weighted by molar-refractivity contribution is 5.89. The van der Waals surface area contributed by atoms with Gasteiger partial charge in [0, 0.05) is 18.8 Å². The van der Waals surface area contributed by atoms with Crippen LogP contribution in [0.4, 0.5) is 18.9 Å². The van der Waals surface area contributed by atoms with Gasteiger partial charge in [-0.25, -0.2) is 4.79 Å². The molecule has 0 radical (unpaired) electrons. The van der Waals surface area contributed by atoms with Crippen molar-refractivity contribution in [3.8, 4) is 0 Å². The number of esters is 1. The molecule has 0 aliphatic carbocycles. The van der Waals surface area contributed by atoms with Crippen LogP contribution in [0.5, 0.6) is 0 Å². The highest BCUT2D eigenvalue weighted by Gasteiger charge is 2.34. The quantitative estimate of drug-likeness (QED) is 0.694. The molecule has 0 aromatic heterocycles. The number of alkyl halides is 3. The number of aryl methyl sites for hydroxylation is 2. The molecule has 0 N–H and O–H groups in total. The van der Waals surface area contributed by atoms with Crippen LogP contribution in [0, 0.1) is 6.92 Å². The smallest absolute Gasteiger partial charge is 0.416 e. The van der Waals surface area contributed by atoms with Crippen molar-refractivity contribution in [2.45, 2.75) is 38.9 Å². The molecule has 0 unspecified atom stereocenters. The number of rotatable bonds is 3. The van der Waals surface area contributed by atoms with Gasteiger partial charge in [0.25, 0.3) is 0 Å². The standard InChI is InChI=1S/C21H22F3NO2/c1-14-11-17-5-3-4-10-25(19(17)12-18(14)21(22,23)24)13-15-6-8-16(9-7-15)20(26)27-2/h6-9,11-12H,3-5,10,13H2,1-2H3. The van der Waals surface area contributed by atoms with Crippen molar-refractivity contribution in [2.24, 2.45) is 0 Å². The molecule has 3 rings (SSSR count). The van der Waals surface area contributed by atoms with Gasteiger partial charge in [0.05, 0.1) is 18.2 Å². The van der Waals surface area contributed by atoms with Gasteiger partial charge in [-0.1, -0.05) is 18.2 Å². The van der Waals surface area contributed by atoms with E-state index in [0.717, 1.165) is 30.4 Å². The second kappa shape index (κ2) is 7.62. The number of carbonyl (C=O) groups is 1. The first-order valence-electron chi connectivity index (χ1n) is 8.92. The molecule has 1 heterocycles. The van der Waals surface area contributed by atoms with Crippen LogP contribution in [0.3, 0.4) is 0 Å². The van der Waals surface area contributed by atoms with E-state index in [9.17, 15) is 18.0 Å². The Bertz CT molecular complexity index is 829. The van der Waals surface area contributed by atoms with Crippen LogP contribution in [0.25, 0.3) is 0 Å². The van der Waals surface area contributed by atoms with E-state index < -0.39 is 17.7 Å². The number of fused-ring (bicyclic) bond motifs is 1. The zero-order valence-electron chi connectivity index (χ0n) is 15.4. The summed E-state index contributed by atoms with van der Waals surface area (Å²) in [5.74, 6) is -0.410. The fourth-order valence-electron chi connectivity index (χ4n) is 3.54. The van der Waals surface area contributed by atoms with Crippen LogP contribution in [0.2, 0.25) is 0 Å². The molecule has 2 aromatic carbocycles. The Morgan fingerprint density at radius 2 is 1.85 bits per heavy atom. The number of ether oxygens (including phenoxy) is 1.